The van der Waals surface area contributed by atoms with Crippen molar-refractivity contribution in [2.75, 3.05) is 7.11 Å². The molecule has 2 unspecified atom stereocenters. The van der Waals surface area contributed by atoms with Crippen LogP contribution >= 0.6 is 0 Å². The lowest BCUT2D eigenvalue weighted by Crippen LogP contribution is -2.47. The van der Waals surface area contributed by atoms with Gasteiger partial charge in [-0.2, -0.15) is 0 Å². The number of aliphatic carboxylic acids is 1. The van der Waals surface area contributed by atoms with E-state index < -0.39 is 24.0 Å². The minimum atomic E-state index is -1.11. The number of amides is 1. The lowest BCUT2D eigenvalue weighted by molar-refractivity contribution is -0.144. The first kappa shape index (κ1) is 19.7. The second-order valence-electron chi connectivity index (χ2n) is 6.43. The van der Waals surface area contributed by atoms with Crippen molar-refractivity contribution in [2.45, 2.75) is 38.3 Å². The van der Waals surface area contributed by atoms with Crippen molar-refractivity contribution in [3.63, 3.8) is 0 Å². The number of hydrogen-bond donors (Lipinski definition) is 3. The molecule has 3 atom stereocenters. The Kier molecular flexibility index (Phi) is 6.91. The van der Waals surface area contributed by atoms with Gasteiger partial charge in [-0.05, 0) is 24.0 Å². The number of hydrogen-bond acceptors (Lipinski definition) is 4. The Morgan fingerprint density at radius 2 is 2.08 bits per heavy atom. The molecule has 26 heavy (non-hydrogen) atoms. The Hall–Kier alpha value is -2.67. The third-order valence-electron chi connectivity index (χ3n) is 4.41. The summed E-state index contributed by atoms with van der Waals surface area (Å²) in [7, 11) is 1.40. The van der Waals surface area contributed by atoms with Crippen molar-refractivity contribution in [3.05, 3.63) is 36.0 Å². The van der Waals surface area contributed by atoms with Crippen LogP contribution in [0, 0.1) is 5.92 Å². The molecule has 3 N–H and O–H groups in total. The van der Waals surface area contributed by atoms with Crippen molar-refractivity contribution >= 4 is 29.1 Å². The average molecular weight is 360 g/mol. The van der Waals surface area contributed by atoms with Gasteiger partial charge in [-0.15, -0.1) is 0 Å². The van der Waals surface area contributed by atoms with Gasteiger partial charge in [-0.25, -0.2) is 4.79 Å². The zero-order valence-corrected chi connectivity index (χ0v) is 14.9. The van der Waals surface area contributed by atoms with Crippen LogP contribution in [-0.4, -0.2) is 47.5 Å². The summed E-state index contributed by atoms with van der Waals surface area (Å²) in [4.78, 5) is 37.7. The van der Waals surface area contributed by atoms with E-state index in [1.54, 1.807) is 6.20 Å². The Morgan fingerprint density at radius 3 is 2.73 bits per heavy atom. The van der Waals surface area contributed by atoms with Crippen LogP contribution in [0.4, 0.5) is 0 Å². The fourth-order valence-corrected chi connectivity index (χ4v) is 2.92. The molecule has 0 fully saturated rings. The standard InChI is InChI=1S/C19H24N2O5/c1-12(7-8-22)9-17(26-2)18(23)21-16(19(24)25)10-13-11-20-15-6-4-3-5-14(13)15/h3-6,8,11-12,16-17,20H,7,9-10H2,1-2H3,(H,21,23)(H,24,25)/t12?,16-,17?/m0/s1. The maximum Gasteiger partial charge on any atom is 0.326 e. The maximum atomic E-state index is 12.4. The van der Waals surface area contributed by atoms with Crippen LogP contribution in [-0.2, 0) is 25.5 Å². The summed E-state index contributed by atoms with van der Waals surface area (Å²) in [5, 5.41) is 13.0. The highest BCUT2D eigenvalue weighted by Gasteiger charge is 2.27. The largest absolute Gasteiger partial charge is 0.480 e. The molecule has 1 amide bonds. The van der Waals surface area contributed by atoms with Crippen LogP contribution < -0.4 is 5.32 Å². The van der Waals surface area contributed by atoms with Gasteiger partial charge in [0.05, 0.1) is 0 Å². The number of aldehydes is 1. The zero-order valence-electron chi connectivity index (χ0n) is 14.9. The summed E-state index contributed by atoms with van der Waals surface area (Å²) in [5.41, 5.74) is 1.73. The second kappa shape index (κ2) is 9.15. The molecule has 0 aliphatic carbocycles. The zero-order chi connectivity index (χ0) is 19.1. The Labute approximate surface area is 151 Å². The third-order valence-corrected chi connectivity index (χ3v) is 4.41. The molecule has 0 aliphatic heterocycles. The topological polar surface area (TPSA) is 108 Å². The van der Waals surface area contributed by atoms with Gasteiger partial charge in [0, 0.05) is 37.1 Å². The molecular weight excluding hydrogens is 336 g/mol. The first-order chi connectivity index (χ1) is 12.5. The third kappa shape index (κ3) is 4.92. The van der Waals surface area contributed by atoms with Crippen LogP contribution in [0.2, 0.25) is 0 Å². The van der Waals surface area contributed by atoms with Crippen LogP contribution in [0.3, 0.4) is 0 Å². The molecule has 7 nitrogen and oxygen atoms in total. The molecule has 1 aromatic carbocycles. The number of carboxylic acid groups (broad SMARTS) is 1. The monoisotopic (exact) mass is 360 g/mol. The number of aromatic nitrogens is 1. The smallest absolute Gasteiger partial charge is 0.326 e. The minimum absolute atomic E-state index is 0.0277. The number of aromatic amines is 1. The maximum absolute atomic E-state index is 12.4. The van der Waals surface area contributed by atoms with E-state index in [1.807, 2.05) is 31.2 Å². The van der Waals surface area contributed by atoms with E-state index in [-0.39, 0.29) is 12.3 Å². The number of para-hydroxylation sites is 1. The molecule has 2 rings (SSSR count). The average Bonchev–Trinajstić information content (AvgIpc) is 3.02. The molecule has 1 heterocycles. The first-order valence-corrected chi connectivity index (χ1v) is 8.50. The van der Waals surface area contributed by atoms with Gasteiger partial charge in [0.25, 0.3) is 0 Å². The van der Waals surface area contributed by atoms with Gasteiger partial charge in [0.1, 0.15) is 18.4 Å². The van der Waals surface area contributed by atoms with E-state index in [9.17, 15) is 19.5 Å². The summed E-state index contributed by atoms with van der Waals surface area (Å²) in [5.74, 6) is -1.63. The molecule has 0 aliphatic rings. The van der Waals surface area contributed by atoms with Crippen LogP contribution in [0.15, 0.2) is 30.5 Å². The Bertz CT molecular complexity index is 770. The van der Waals surface area contributed by atoms with Gasteiger partial charge < -0.3 is 24.9 Å². The fraction of sp³-hybridized carbons (Fsp3) is 0.421. The molecule has 7 heteroatoms. The summed E-state index contributed by atoms with van der Waals surface area (Å²) in [6.45, 7) is 1.84. The van der Waals surface area contributed by atoms with Gasteiger partial charge in [0.2, 0.25) is 5.91 Å². The Balaban J connectivity index is 2.08. The summed E-state index contributed by atoms with van der Waals surface area (Å²) < 4.78 is 5.19. The molecule has 0 saturated carbocycles. The molecule has 2 aromatic rings. The van der Waals surface area contributed by atoms with E-state index in [4.69, 9.17) is 4.74 Å². The SMILES string of the molecule is COC(CC(C)CC=O)C(=O)N[C@@H](Cc1c[nH]c2ccccc12)C(=O)O. The highest BCUT2D eigenvalue weighted by Crippen LogP contribution is 2.19. The van der Waals surface area contributed by atoms with Crippen molar-refractivity contribution < 1.29 is 24.2 Å². The summed E-state index contributed by atoms with van der Waals surface area (Å²) >= 11 is 0. The van der Waals surface area contributed by atoms with Gasteiger partial charge >= 0.3 is 5.97 Å². The summed E-state index contributed by atoms with van der Waals surface area (Å²) in [6.07, 6.45) is 2.59. The number of methoxy groups -OCH3 is 1. The van der Waals surface area contributed by atoms with Gasteiger partial charge in [-0.3, -0.25) is 4.79 Å². The number of nitrogens with one attached hydrogen (secondary N) is 2. The number of fused-ring (bicyclic) bond motifs is 1. The second-order valence-corrected chi connectivity index (χ2v) is 6.43. The number of carbonyl (C=O) groups excluding carboxylic acids is 2. The van der Waals surface area contributed by atoms with Crippen molar-refractivity contribution in [1.29, 1.82) is 0 Å². The molecule has 0 radical (unpaired) electrons. The van der Waals surface area contributed by atoms with E-state index >= 15 is 0 Å². The lowest BCUT2D eigenvalue weighted by atomic mass is 9.99. The Morgan fingerprint density at radius 1 is 1.35 bits per heavy atom. The predicted octanol–water partition coefficient (Wildman–Crippen LogP) is 1.91. The quantitative estimate of drug-likeness (QED) is 0.561. The predicted molar refractivity (Wildman–Crippen MR) is 96.8 cm³/mol. The molecule has 0 saturated heterocycles. The molecule has 0 bridgehead atoms. The minimum Gasteiger partial charge on any atom is -0.480 e. The molecule has 1 aromatic heterocycles. The van der Waals surface area contributed by atoms with E-state index in [0.717, 1.165) is 22.8 Å². The number of carboxylic acids is 1. The van der Waals surface area contributed by atoms with E-state index in [2.05, 4.69) is 10.3 Å². The fourth-order valence-electron chi connectivity index (χ4n) is 2.92. The number of benzene rings is 1. The van der Waals surface area contributed by atoms with E-state index in [0.29, 0.717) is 12.8 Å². The normalized spacial score (nSPS) is 14.5. The number of H-pyrrole nitrogens is 1. The number of carbonyl (C=O) groups is 3. The van der Waals surface area contributed by atoms with Crippen LogP contribution in [0.5, 0.6) is 0 Å². The van der Waals surface area contributed by atoms with Gasteiger partial charge in [-0.1, -0.05) is 25.1 Å². The first-order valence-electron chi connectivity index (χ1n) is 8.50. The van der Waals surface area contributed by atoms with Crippen molar-refractivity contribution in [1.82, 2.24) is 10.3 Å². The molecule has 140 valence electrons. The highest BCUT2D eigenvalue weighted by molar-refractivity contribution is 5.88. The van der Waals surface area contributed by atoms with Gasteiger partial charge in [0.15, 0.2) is 0 Å². The van der Waals surface area contributed by atoms with Crippen LogP contribution in [0.1, 0.15) is 25.3 Å². The lowest BCUT2D eigenvalue weighted by Gasteiger charge is -2.21. The molecular formula is C19H24N2O5. The summed E-state index contributed by atoms with van der Waals surface area (Å²) in [6, 6.07) is 6.51. The highest BCUT2D eigenvalue weighted by atomic mass is 16.5. The van der Waals surface area contributed by atoms with Crippen LogP contribution in [0.25, 0.3) is 10.9 Å². The molecule has 0 spiro atoms. The van der Waals surface area contributed by atoms with E-state index in [1.165, 1.54) is 7.11 Å². The number of ether oxygens (including phenoxy) is 1. The van der Waals surface area contributed by atoms with Crippen molar-refractivity contribution in [3.8, 4) is 0 Å². The van der Waals surface area contributed by atoms with Crippen molar-refractivity contribution in [2.24, 2.45) is 5.92 Å². The number of rotatable bonds is 10.